The van der Waals surface area contributed by atoms with Gasteiger partial charge in [0.05, 0.1) is 5.69 Å². The Hall–Kier alpha value is -1.36. The predicted molar refractivity (Wildman–Crippen MR) is 83.6 cm³/mol. The highest BCUT2D eigenvalue weighted by molar-refractivity contribution is 5.85. The van der Waals surface area contributed by atoms with Gasteiger partial charge < -0.3 is 5.32 Å². The first-order valence-electron chi connectivity index (χ1n) is 6.86. The smallest absolute Gasteiger partial charge is 0.0645 e. The van der Waals surface area contributed by atoms with E-state index in [-0.39, 0.29) is 12.4 Å². The number of benzene rings is 1. The molecule has 4 nitrogen and oxygen atoms in total. The Kier molecular flexibility index (Phi) is 5.17. The average molecular weight is 293 g/mol. The molecule has 108 valence electrons. The fraction of sp³-hybridized carbons (Fsp3) is 0.400. The van der Waals surface area contributed by atoms with E-state index in [9.17, 15) is 0 Å². The largest absolute Gasteiger partial charge is 0.314 e. The molecular formula is C15H21ClN4. The summed E-state index contributed by atoms with van der Waals surface area (Å²) in [5.41, 5.74) is 2.48. The van der Waals surface area contributed by atoms with E-state index in [4.69, 9.17) is 0 Å². The van der Waals surface area contributed by atoms with Crippen LogP contribution in [0.4, 0.5) is 0 Å². The molecule has 1 aromatic heterocycles. The van der Waals surface area contributed by atoms with Gasteiger partial charge in [0.15, 0.2) is 0 Å². The van der Waals surface area contributed by atoms with E-state index < -0.39 is 0 Å². The zero-order chi connectivity index (χ0) is 13.1. The van der Waals surface area contributed by atoms with Crippen LogP contribution < -0.4 is 5.32 Å². The lowest BCUT2D eigenvalue weighted by Gasteiger charge is -2.33. The predicted octanol–water partition coefficient (Wildman–Crippen LogP) is 2.09. The molecule has 20 heavy (non-hydrogen) atoms. The third kappa shape index (κ3) is 3.39. The lowest BCUT2D eigenvalue weighted by Crippen LogP contribution is -2.49. The normalized spacial score (nSPS) is 19.6. The Labute approximate surface area is 126 Å². The molecule has 2 heterocycles. The highest BCUT2D eigenvalue weighted by Gasteiger charge is 2.17. The van der Waals surface area contributed by atoms with Crippen LogP contribution in [0.2, 0.25) is 0 Å². The molecule has 1 aliphatic heterocycles. The lowest BCUT2D eigenvalue weighted by atomic mass is 10.1. The maximum Gasteiger partial charge on any atom is 0.0645 e. The minimum Gasteiger partial charge on any atom is -0.314 e. The summed E-state index contributed by atoms with van der Waals surface area (Å²) in [4.78, 5) is 2.53. The molecule has 0 saturated carbocycles. The van der Waals surface area contributed by atoms with Crippen molar-refractivity contribution in [1.29, 1.82) is 0 Å². The molecule has 0 aliphatic carbocycles. The van der Waals surface area contributed by atoms with Crippen molar-refractivity contribution < 1.29 is 0 Å². The summed E-state index contributed by atoms with van der Waals surface area (Å²) in [6, 6.07) is 11.2. The van der Waals surface area contributed by atoms with E-state index in [1.54, 1.807) is 6.20 Å². The van der Waals surface area contributed by atoms with Gasteiger partial charge in [-0.1, -0.05) is 12.1 Å². The van der Waals surface area contributed by atoms with Gasteiger partial charge >= 0.3 is 0 Å². The minimum atomic E-state index is 0. The fourth-order valence-corrected chi connectivity index (χ4v) is 2.53. The molecule has 5 heteroatoms. The summed E-state index contributed by atoms with van der Waals surface area (Å²) in [6.07, 6.45) is 3.77. The van der Waals surface area contributed by atoms with Crippen LogP contribution in [-0.2, 0) is 6.54 Å². The van der Waals surface area contributed by atoms with Crippen LogP contribution in [0.5, 0.6) is 0 Å². The third-order valence-corrected chi connectivity index (χ3v) is 3.73. The maximum atomic E-state index is 4.24. The van der Waals surface area contributed by atoms with E-state index in [0.717, 1.165) is 31.9 Å². The Bertz CT molecular complexity index is 509. The van der Waals surface area contributed by atoms with Gasteiger partial charge in [0, 0.05) is 44.6 Å². The molecule has 2 aromatic rings. The Morgan fingerprint density at radius 2 is 2.10 bits per heavy atom. The standard InChI is InChI=1S/C15H20N4.ClH/c1-13-11-16-8-10-18(13)12-14-3-5-15(6-4-14)19-9-2-7-17-19;/h2-7,9,13,16H,8,10-12H2,1H3;1H/t13-;/m1./s1. The maximum absolute atomic E-state index is 4.24. The van der Waals surface area contributed by atoms with Gasteiger partial charge in [-0.3, -0.25) is 4.90 Å². The molecule has 0 amide bonds. The molecule has 0 radical (unpaired) electrons. The number of nitrogens with zero attached hydrogens (tertiary/aromatic N) is 3. The summed E-state index contributed by atoms with van der Waals surface area (Å²) in [6.45, 7) is 6.62. The number of hydrogen-bond acceptors (Lipinski definition) is 3. The highest BCUT2D eigenvalue weighted by atomic mass is 35.5. The highest BCUT2D eigenvalue weighted by Crippen LogP contribution is 2.13. The number of halogens is 1. The average Bonchev–Trinajstić information content (AvgIpc) is 2.96. The monoisotopic (exact) mass is 292 g/mol. The van der Waals surface area contributed by atoms with E-state index in [1.165, 1.54) is 5.56 Å². The molecule has 3 rings (SSSR count). The van der Waals surface area contributed by atoms with E-state index in [0.29, 0.717) is 6.04 Å². The Balaban J connectivity index is 0.00000147. The summed E-state index contributed by atoms with van der Waals surface area (Å²) in [5, 5.41) is 7.67. The molecule has 1 fully saturated rings. The Morgan fingerprint density at radius 3 is 2.75 bits per heavy atom. The van der Waals surface area contributed by atoms with Gasteiger partial charge in [-0.15, -0.1) is 12.4 Å². The SMILES string of the molecule is C[C@@H]1CNCCN1Cc1ccc(-n2cccn2)cc1.Cl. The first-order chi connectivity index (χ1) is 9.33. The molecule has 1 saturated heterocycles. The van der Waals surface area contributed by atoms with E-state index >= 15 is 0 Å². The van der Waals surface area contributed by atoms with Gasteiger partial charge in [-0.25, -0.2) is 4.68 Å². The van der Waals surface area contributed by atoms with Crippen LogP contribution in [0, 0.1) is 0 Å². The Morgan fingerprint density at radius 1 is 1.30 bits per heavy atom. The summed E-state index contributed by atoms with van der Waals surface area (Å²) >= 11 is 0. The number of aromatic nitrogens is 2. The quantitative estimate of drug-likeness (QED) is 0.940. The third-order valence-electron chi connectivity index (χ3n) is 3.73. The van der Waals surface area contributed by atoms with Crippen molar-refractivity contribution in [1.82, 2.24) is 20.0 Å². The van der Waals surface area contributed by atoms with Gasteiger partial charge in [0.1, 0.15) is 0 Å². The van der Waals surface area contributed by atoms with Gasteiger partial charge in [-0.05, 0) is 30.7 Å². The van der Waals surface area contributed by atoms with Gasteiger partial charge in [0.2, 0.25) is 0 Å². The second kappa shape index (κ2) is 6.88. The molecule has 0 unspecified atom stereocenters. The molecule has 0 spiro atoms. The lowest BCUT2D eigenvalue weighted by molar-refractivity contribution is 0.165. The van der Waals surface area contributed by atoms with E-state index in [2.05, 4.69) is 46.5 Å². The number of rotatable bonds is 3. The topological polar surface area (TPSA) is 33.1 Å². The van der Waals surface area contributed by atoms with Crippen LogP contribution in [0.25, 0.3) is 5.69 Å². The molecule has 1 aromatic carbocycles. The van der Waals surface area contributed by atoms with E-state index in [1.807, 2.05) is 16.9 Å². The van der Waals surface area contributed by atoms with Crippen molar-refractivity contribution in [3.63, 3.8) is 0 Å². The van der Waals surface area contributed by atoms with Crippen molar-refractivity contribution in [2.45, 2.75) is 19.5 Å². The summed E-state index contributed by atoms with van der Waals surface area (Å²) in [5.74, 6) is 0. The first-order valence-corrected chi connectivity index (χ1v) is 6.86. The molecular weight excluding hydrogens is 272 g/mol. The van der Waals surface area contributed by atoms with Crippen LogP contribution in [-0.4, -0.2) is 40.4 Å². The van der Waals surface area contributed by atoms with Crippen LogP contribution in [0.3, 0.4) is 0 Å². The minimum absolute atomic E-state index is 0. The molecule has 1 atom stereocenters. The molecule has 1 aliphatic rings. The number of piperazine rings is 1. The second-order valence-electron chi connectivity index (χ2n) is 5.14. The van der Waals surface area contributed by atoms with Crippen LogP contribution >= 0.6 is 12.4 Å². The first kappa shape index (κ1) is 15.0. The second-order valence-corrected chi connectivity index (χ2v) is 5.14. The fourth-order valence-electron chi connectivity index (χ4n) is 2.53. The van der Waals surface area contributed by atoms with Crippen molar-refractivity contribution in [2.75, 3.05) is 19.6 Å². The number of hydrogen-bond donors (Lipinski definition) is 1. The van der Waals surface area contributed by atoms with Gasteiger partial charge in [-0.2, -0.15) is 5.10 Å². The van der Waals surface area contributed by atoms with Crippen molar-refractivity contribution in [2.24, 2.45) is 0 Å². The molecule has 1 N–H and O–H groups in total. The van der Waals surface area contributed by atoms with Crippen LogP contribution in [0.15, 0.2) is 42.7 Å². The number of nitrogens with one attached hydrogen (secondary N) is 1. The zero-order valence-electron chi connectivity index (χ0n) is 11.7. The zero-order valence-corrected chi connectivity index (χ0v) is 12.5. The summed E-state index contributed by atoms with van der Waals surface area (Å²) < 4.78 is 1.89. The van der Waals surface area contributed by atoms with Crippen LogP contribution in [0.1, 0.15) is 12.5 Å². The van der Waals surface area contributed by atoms with Crippen molar-refractivity contribution >= 4 is 12.4 Å². The van der Waals surface area contributed by atoms with Crippen molar-refractivity contribution in [3.8, 4) is 5.69 Å². The summed E-state index contributed by atoms with van der Waals surface area (Å²) in [7, 11) is 0. The van der Waals surface area contributed by atoms with Crippen molar-refractivity contribution in [3.05, 3.63) is 48.3 Å². The van der Waals surface area contributed by atoms with Gasteiger partial charge in [0.25, 0.3) is 0 Å². The molecule has 0 bridgehead atoms.